The van der Waals surface area contributed by atoms with Crippen LogP contribution >= 0.6 is 11.8 Å². The summed E-state index contributed by atoms with van der Waals surface area (Å²) in [7, 11) is 3.25. The van der Waals surface area contributed by atoms with Gasteiger partial charge in [0.05, 0.1) is 13.7 Å². The van der Waals surface area contributed by atoms with Gasteiger partial charge in [0, 0.05) is 11.0 Å². The number of ether oxygens (including phenoxy) is 1. The van der Waals surface area contributed by atoms with Gasteiger partial charge in [0.2, 0.25) is 0 Å². The molecule has 1 aliphatic carbocycles. The van der Waals surface area contributed by atoms with E-state index in [1.54, 1.807) is 11.8 Å². The summed E-state index contributed by atoms with van der Waals surface area (Å²) in [4.78, 5) is 11.8. The van der Waals surface area contributed by atoms with Crippen LogP contribution in [0, 0.1) is 0 Å². The van der Waals surface area contributed by atoms with E-state index in [4.69, 9.17) is 9.84 Å². The highest BCUT2D eigenvalue weighted by atomic mass is 32.2. The Morgan fingerprint density at radius 1 is 1.69 bits per heavy atom. The first-order chi connectivity index (χ1) is 7.68. The lowest BCUT2D eigenvalue weighted by atomic mass is 9.81. The highest BCUT2D eigenvalue weighted by Crippen LogP contribution is 2.35. The van der Waals surface area contributed by atoms with E-state index in [2.05, 4.69) is 5.32 Å². The number of thioether (sulfide) groups is 1. The molecule has 0 aromatic carbocycles. The van der Waals surface area contributed by atoms with Crippen molar-refractivity contribution in [1.29, 1.82) is 0 Å². The van der Waals surface area contributed by atoms with Crippen molar-refractivity contribution in [3.8, 4) is 0 Å². The molecule has 1 saturated carbocycles. The lowest BCUT2D eigenvalue weighted by molar-refractivity contribution is -0.149. The van der Waals surface area contributed by atoms with E-state index in [9.17, 15) is 4.79 Å². The topological polar surface area (TPSA) is 58.6 Å². The van der Waals surface area contributed by atoms with Crippen molar-refractivity contribution in [2.24, 2.45) is 0 Å². The second kappa shape index (κ2) is 6.47. The SMILES string of the molecule is CNC1(C(=O)OC)CCCC(SCCO)C1. The molecule has 1 aliphatic rings. The standard InChI is InChI=1S/C11H21NO3S/c1-12-11(10(14)15-2)5-3-4-9(8-11)16-7-6-13/h9,12-13H,3-8H2,1-2H3. The Bertz CT molecular complexity index is 237. The maximum absolute atomic E-state index is 11.8. The smallest absolute Gasteiger partial charge is 0.326 e. The zero-order chi connectivity index (χ0) is 12.0. The lowest BCUT2D eigenvalue weighted by Crippen LogP contribution is -2.54. The molecular weight excluding hydrogens is 226 g/mol. The second-order valence-corrected chi connectivity index (χ2v) is 5.54. The molecule has 1 fully saturated rings. The number of carbonyl (C=O) groups excluding carboxylic acids is 1. The van der Waals surface area contributed by atoms with Gasteiger partial charge in [-0.15, -0.1) is 0 Å². The summed E-state index contributed by atoms with van der Waals surface area (Å²) < 4.78 is 4.88. The molecule has 0 amide bonds. The molecule has 2 unspecified atom stereocenters. The molecule has 0 aliphatic heterocycles. The van der Waals surface area contributed by atoms with E-state index >= 15 is 0 Å². The third kappa shape index (κ3) is 3.12. The van der Waals surface area contributed by atoms with E-state index in [0.717, 1.165) is 31.4 Å². The molecule has 2 N–H and O–H groups in total. The summed E-state index contributed by atoms with van der Waals surface area (Å²) in [5.41, 5.74) is -0.514. The van der Waals surface area contributed by atoms with Gasteiger partial charge in [-0.3, -0.25) is 4.79 Å². The molecule has 0 heterocycles. The number of rotatable bonds is 5. The van der Waals surface area contributed by atoms with Crippen LogP contribution in [0.4, 0.5) is 0 Å². The summed E-state index contributed by atoms with van der Waals surface area (Å²) >= 11 is 1.75. The largest absolute Gasteiger partial charge is 0.468 e. The first-order valence-electron chi connectivity index (χ1n) is 5.68. The van der Waals surface area contributed by atoms with Crippen molar-refractivity contribution in [2.45, 2.75) is 36.5 Å². The van der Waals surface area contributed by atoms with Gasteiger partial charge in [-0.25, -0.2) is 0 Å². The van der Waals surface area contributed by atoms with Crippen molar-refractivity contribution in [2.75, 3.05) is 26.5 Å². The summed E-state index contributed by atoms with van der Waals surface area (Å²) in [5, 5.41) is 12.4. The molecule has 4 nitrogen and oxygen atoms in total. The van der Waals surface area contributed by atoms with Crippen LogP contribution in [0.15, 0.2) is 0 Å². The van der Waals surface area contributed by atoms with Crippen LogP contribution in [0.25, 0.3) is 0 Å². The number of carbonyl (C=O) groups is 1. The van der Waals surface area contributed by atoms with E-state index in [0.29, 0.717) is 5.25 Å². The van der Waals surface area contributed by atoms with Crippen LogP contribution in [0.3, 0.4) is 0 Å². The van der Waals surface area contributed by atoms with Crippen molar-refractivity contribution in [1.82, 2.24) is 5.32 Å². The van der Waals surface area contributed by atoms with Crippen LogP contribution < -0.4 is 5.32 Å². The van der Waals surface area contributed by atoms with Gasteiger partial charge in [0.25, 0.3) is 0 Å². The number of nitrogens with one attached hydrogen (secondary N) is 1. The Kier molecular flexibility index (Phi) is 5.58. The van der Waals surface area contributed by atoms with E-state index < -0.39 is 5.54 Å². The van der Waals surface area contributed by atoms with Gasteiger partial charge in [0.1, 0.15) is 5.54 Å². The fourth-order valence-electron chi connectivity index (χ4n) is 2.30. The first kappa shape index (κ1) is 13.8. The number of aliphatic hydroxyl groups excluding tert-OH is 1. The molecule has 0 radical (unpaired) electrons. The highest BCUT2D eigenvalue weighted by molar-refractivity contribution is 7.99. The fraction of sp³-hybridized carbons (Fsp3) is 0.909. The molecule has 1 rings (SSSR count). The van der Waals surface area contributed by atoms with Crippen LogP contribution in [-0.2, 0) is 9.53 Å². The number of likely N-dealkylation sites (N-methyl/N-ethyl adjacent to an activating group) is 1. The molecule has 0 aromatic heterocycles. The van der Waals surface area contributed by atoms with Gasteiger partial charge in [-0.05, 0) is 32.7 Å². The molecule has 0 bridgehead atoms. The number of hydrogen-bond acceptors (Lipinski definition) is 5. The molecule has 0 spiro atoms. The average Bonchev–Trinajstić information content (AvgIpc) is 2.35. The summed E-state index contributed by atoms with van der Waals surface area (Å²) in [6.07, 6.45) is 3.78. The van der Waals surface area contributed by atoms with E-state index in [1.807, 2.05) is 7.05 Å². The monoisotopic (exact) mass is 247 g/mol. The van der Waals surface area contributed by atoms with Crippen molar-refractivity contribution in [3.05, 3.63) is 0 Å². The highest BCUT2D eigenvalue weighted by Gasteiger charge is 2.42. The molecule has 5 heteroatoms. The molecular formula is C11H21NO3S. The van der Waals surface area contributed by atoms with E-state index in [-0.39, 0.29) is 12.6 Å². The number of aliphatic hydroxyl groups is 1. The summed E-state index contributed by atoms with van der Waals surface area (Å²) in [6.45, 7) is 0.200. The maximum Gasteiger partial charge on any atom is 0.326 e. The minimum Gasteiger partial charge on any atom is -0.468 e. The van der Waals surface area contributed by atoms with Crippen molar-refractivity contribution < 1.29 is 14.6 Å². The Morgan fingerprint density at radius 2 is 2.44 bits per heavy atom. The minimum absolute atomic E-state index is 0.163. The average molecular weight is 247 g/mol. The number of esters is 1. The Balaban J connectivity index is 2.61. The van der Waals surface area contributed by atoms with Crippen LogP contribution in [0.2, 0.25) is 0 Å². The third-order valence-electron chi connectivity index (χ3n) is 3.21. The lowest BCUT2D eigenvalue weighted by Gasteiger charge is -2.38. The van der Waals surface area contributed by atoms with Crippen LogP contribution in [0.1, 0.15) is 25.7 Å². The molecule has 2 atom stereocenters. The Hall–Kier alpha value is -0.260. The van der Waals surface area contributed by atoms with E-state index in [1.165, 1.54) is 7.11 Å². The first-order valence-corrected chi connectivity index (χ1v) is 6.73. The number of methoxy groups -OCH3 is 1. The second-order valence-electron chi connectivity index (χ2n) is 4.14. The molecule has 16 heavy (non-hydrogen) atoms. The predicted molar refractivity (Wildman–Crippen MR) is 65.6 cm³/mol. The Labute approximate surface area is 101 Å². The predicted octanol–water partition coefficient (Wildman–Crippen LogP) is 0.786. The molecule has 0 aromatic rings. The van der Waals surface area contributed by atoms with Crippen LogP contribution in [-0.4, -0.2) is 48.4 Å². The van der Waals surface area contributed by atoms with Gasteiger partial charge in [-0.2, -0.15) is 11.8 Å². The summed E-state index contributed by atoms with van der Waals surface area (Å²) in [6, 6.07) is 0. The van der Waals surface area contributed by atoms with Gasteiger partial charge in [0.15, 0.2) is 0 Å². The molecule has 0 saturated heterocycles. The van der Waals surface area contributed by atoms with Crippen LogP contribution in [0.5, 0.6) is 0 Å². The van der Waals surface area contributed by atoms with Gasteiger partial charge >= 0.3 is 5.97 Å². The quantitative estimate of drug-likeness (QED) is 0.703. The van der Waals surface area contributed by atoms with Crippen molar-refractivity contribution >= 4 is 17.7 Å². The minimum atomic E-state index is -0.514. The van der Waals surface area contributed by atoms with Gasteiger partial charge < -0.3 is 15.2 Å². The zero-order valence-electron chi connectivity index (χ0n) is 9.99. The normalized spacial score (nSPS) is 30.1. The number of hydrogen-bond donors (Lipinski definition) is 2. The maximum atomic E-state index is 11.8. The third-order valence-corrected chi connectivity index (χ3v) is 4.50. The Morgan fingerprint density at radius 3 is 3.00 bits per heavy atom. The van der Waals surface area contributed by atoms with Gasteiger partial charge in [-0.1, -0.05) is 0 Å². The summed E-state index contributed by atoms with van der Waals surface area (Å²) in [5.74, 6) is 0.579. The molecule has 94 valence electrons. The van der Waals surface area contributed by atoms with Crippen molar-refractivity contribution in [3.63, 3.8) is 0 Å². The fourth-order valence-corrected chi connectivity index (χ4v) is 3.47. The zero-order valence-corrected chi connectivity index (χ0v) is 10.8.